The van der Waals surface area contributed by atoms with Crippen molar-refractivity contribution in [2.75, 3.05) is 12.3 Å². The van der Waals surface area contributed by atoms with Crippen molar-refractivity contribution >= 4 is 33.1 Å². The van der Waals surface area contributed by atoms with Crippen LogP contribution in [-0.4, -0.2) is 17.4 Å². The Kier molecular flexibility index (Phi) is 4.23. The Labute approximate surface area is 129 Å². The molecule has 1 atom stereocenters. The van der Waals surface area contributed by atoms with Gasteiger partial charge in [-0.3, -0.25) is 4.79 Å². The minimum atomic E-state index is -0.107. The summed E-state index contributed by atoms with van der Waals surface area (Å²) in [6.45, 7) is 11.2. The number of amides is 1. The predicted octanol–water partition coefficient (Wildman–Crippen LogP) is 3.60. The lowest BCUT2D eigenvalue weighted by Crippen LogP contribution is -2.33. The Balaban J connectivity index is 2.18. The number of pyridine rings is 1. The van der Waals surface area contributed by atoms with Gasteiger partial charge in [0.05, 0.1) is 5.69 Å². The molecule has 0 saturated heterocycles. The lowest BCUT2D eigenvalue weighted by molar-refractivity contribution is 0.0942. The van der Waals surface area contributed by atoms with Crippen LogP contribution in [0.4, 0.5) is 5.69 Å². The molecule has 0 fully saturated rings. The van der Waals surface area contributed by atoms with Gasteiger partial charge in [-0.15, -0.1) is 11.3 Å². The van der Waals surface area contributed by atoms with Gasteiger partial charge in [0.1, 0.15) is 9.71 Å². The minimum absolute atomic E-state index is 0.107. The van der Waals surface area contributed by atoms with E-state index in [0.717, 1.165) is 15.9 Å². The molecule has 0 radical (unpaired) electrons. The van der Waals surface area contributed by atoms with E-state index in [-0.39, 0.29) is 11.3 Å². The van der Waals surface area contributed by atoms with Crippen LogP contribution in [0.1, 0.15) is 43.1 Å². The van der Waals surface area contributed by atoms with E-state index >= 15 is 0 Å². The zero-order valence-corrected chi connectivity index (χ0v) is 14.1. The Hall–Kier alpha value is -1.62. The van der Waals surface area contributed by atoms with Crippen molar-refractivity contribution in [3.63, 3.8) is 0 Å². The molecule has 21 heavy (non-hydrogen) atoms. The SMILES string of the molecule is Cc1ccc2c(N)c(C(=O)NCC(C)C(C)(C)C)sc2n1. The first-order valence-electron chi connectivity index (χ1n) is 7.14. The number of hydrogen-bond acceptors (Lipinski definition) is 4. The van der Waals surface area contributed by atoms with Crippen molar-refractivity contribution in [2.45, 2.75) is 34.6 Å². The largest absolute Gasteiger partial charge is 0.397 e. The number of thiophene rings is 1. The number of nitrogens with zero attached hydrogens (tertiary/aromatic N) is 1. The van der Waals surface area contributed by atoms with Crippen molar-refractivity contribution in [3.05, 3.63) is 22.7 Å². The van der Waals surface area contributed by atoms with E-state index in [9.17, 15) is 4.79 Å². The van der Waals surface area contributed by atoms with Crippen LogP contribution < -0.4 is 11.1 Å². The number of nitrogens with two attached hydrogens (primary N) is 1. The van der Waals surface area contributed by atoms with Crippen LogP contribution in [0.2, 0.25) is 0 Å². The second kappa shape index (κ2) is 5.64. The predicted molar refractivity (Wildman–Crippen MR) is 89.7 cm³/mol. The molecular weight excluding hydrogens is 282 g/mol. The van der Waals surface area contributed by atoms with Gasteiger partial charge < -0.3 is 11.1 Å². The molecule has 0 saturated carbocycles. The summed E-state index contributed by atoms with van der Waals surface area (Å²) in [4.78, 5) is 18.2. The lowest BCUT2D eigenvalue weighted by atomic mass is 9.82. The molecule has 2 aromatic heterocycles. The summed E-state index contributed by atoms with van der Waals surface area (Å²) < 4.78 is 0. The number of anilines is 1. The van der Waals surface area contributed by atoms with Gasteiger partial charge in [-0.1, -0.05) is 27.7 Å². The molecule has 4 nitrogen and oxygen atoms in total. The van der Waals surface area contributed by atoms with E-state index in [1.165, 1.54) is 11.3 Å². The van der Waals surface area contributed by atoms with Crippen LogP contribution in [0.25, 0.3) is 10.2 Å². The highest BCUT2D eigenvalue weighted by atomic mass is 32.1. The normalized spacial score (nSPS) is 13.4. The first-order valence-corrected chi connectivity index (χ1v) is 7.95. The Bertz CT molecular complexity index is 670. The highest BCUT2D eigenvalue weighted by molar-refractivity contribution is 7.21. The first kappa shape index (κ1) is 15.8. The summed E-state index contributed by atoms with van der Waals surface area (Å²) in [5, 5.41) is 3.85. The smallest absolute Gasteiger partial charge is 0.263 e. The van der Waals surface area contributed by atoms with E-state index in [4.69, 9.17) is 5.73 Å². The lowest BCUT2D eigenvalue weighted by Gasteiger charge is -2.27. The quantitative estimate of drug-likeness (QED) is 0.910. The van der Waals surface area contributed by atoms with Crippen LogP contribution >= 0.6 is 11.3 Å². The highest BCUT2D eigenvalue weighted by Crippen LogP contribution is 2.32. The molecule has 114 valence electrons. The van der Waals surface area contributed by atoms with Crippen molar-refractivity contribution < 1.29 is 4.79 Å². The van der Waals surface area contributed by atoms with Gasteiger partial charge in [0, 0.05) is 17.6 Å². The molecule has 0 aliphatic carbocycles. The fourth-order valence-corrected chi connectivity index (χ4v) is 2.95. The van der Waals surface area contributed by atoms with Crippen molar-refractivity contribution in [1.82, 2.24) is 10.3 Å². The summed E-state index contributed by atoms with van der Waals surface area (Å²) in [7, 11) is 0. The standard InChI is InChI=1S/C16H23N3OS/c1-9(16(3,4)5)8-18-14(20)13-12(17)11-7-6-10(2)19-15(11)21-13/h6-7,9H,8,17H2,1-5H3,(H,18,20). The molecule has 3 N–H and O–H groups in total. The van der Waals surface area contributed by atoms with Crippen LogP contribution in [-0.2, 0) is 0 Å². The van der Waals surface area contributed by atoms with E-state index in [2.05, 4.69) is 38.0 Å². The molecular formula is C16H23N3OS. The molecule has 2 aromatic rings. The van der Waals surface area contributed by atoms with Gasteiger partial charge in [-0.2, -0.15) is 0 Å². The monoisotopic (exact) mass is 305 g/mol. The van der Waals surface area contributed by atoms with Gasteiger partial charge in [0.2, 0.25) is 0 Å². The molecule has 1 amide bonds. The molecule has 0 spiro atoms. The average Bonchev–Trinajstić information content (AvgIpc) is 2.71. The number of fused-ring (bicyclic) bond motifs is 1. The number of aryl methyl sites for hydroxylation is 1. The maximum Gasteiger partial charge on any atom is 0.263 e. The van der Waals surface area contributed by atoms with Crippen LogP contribution in [0.5, 0.6) is 0 Å². The third kappa shape index (κ3) is 3.35. The van der Waals surface area contributed by atoms with E-state index in [1.807, 2.05) is 19.1 Å². The van der Waals surface area contributed by atoms with Gasteiger partial charge in [0.25, 0.3) is 5.91 Å². The van der Waals surface area contributed by atoms with Crippen molar-refractivity contribution in [1.29, 1.82) is 0 Å². The van der Waals surface area contributed by atoms with E-state index < -0.39 is 0 Å². The maximum absolute atomic E-state index is 12.3. The molecule has 2 heterocycles. The van der Waals surface area contributed by atoms with E-state index in [0.29, 0.717) is 23.0 Å². The van der Waals surface area contributed by atoms with Gasteiger partial charge in [-0.25, -0.2) is 4.98 Å². The van der Waals surface area contributed by atoms with Gasteiger partial charge in [0.15, 0.2) is 0 Å². The molecule has 0 aliphatic heterocycles. The molecule has 2 rings (SSSR count). The summed E-state index contributed by atoms with van der Waals surface area (Å²) in [5.74, 6) is 0.279. The number of hydrogen-bond donors (Lipinski definition) is 2. The molecule has 0 bridgehead atoms. The first-order chi connectivity index (χ1) is 9.70. The number of nitrogens with one attached hydrogen (secondary N) is 1. The average molecular weight is 305 g/mol. The topological polar surface area (TPSA) is 68.0 Å². The number of aromatic nitrogens is 1. The van der Waals surface area contributed by atoms with Crippen LogP contribution in [0.15, 0.2) is 12.1 Å². The fraction of sp³-hybridized carbons (Fsp3) is 0.500. The highest BCUT2D eigenvalue weighted by Gasteiger charge is 2.22. The Morgan fingerprint density at radius 1 is 1.43 bits per heavy atom. The van der Waals surface area contributed by atoms with Crippen molar-refractivity contribution in [2.24, 2.45) is 11.3 Å². The van der Waals surface area contributed by atoms with Gasteiger partial charge in [-0.05, 0) is 30.4 Å². The number of carbonyl (C=O) groups excluding carboxylic acids is 1. The third-order valence-corrected chi connectivity index (χ3v) is 5.10. The fourth-order valence-electron chi connectivity index (χ4n) is 1.89. The summed E-state index contributed by atoms with van der Waals surface area (Å²) in [6, 6.07) is 3.84. The number of rotatable bonds is 3. The zero-order chi connectivity index (χ0) is 15.8. The van der Waals surface area contributed by atoms with Gasteiger partial charge >= 0.3 is 0 Å². The second-order valence-electron chi connectivity index (χ2n) is 6.63. The Morgan fingerprint density at radius 3 is 2.71 bits per heavy atom. The van der Waals surface area contributed by atoms with E-state index in [1.54, 1.807) is 0 Å². The van der Waals surface area contributed by atoms with Crippen LogP contribution in [0.3, 0.4) is 0 Å². The summed E-state index contributed by atoms with van der Waals surface area (Å²) in [6.07, 6.45) is 0. The summed E-state index contributed by atoms with van der Waals surface area (Å²) in [5.41, 5.74) is 7.71. The number of carbonyl (C=O) groups is 1. The maximum atomic E-state index is 12.3. The minimum Gasteiger partial charge on any atom is -0.397 e. The second-order valence-corrected chi connectivity index (χ2v) is 7.63. The molecule has 1 unspecified atom stereocenters. The summed E-state index contributed by atoms with van der Waals surface area (Å²) >= 11 is 1.36. The number of nitrogen functional groups attached to an aromatic ring is 1. The molecule has 0 aliphatic rings. The molecule has 5 heteroatoms. The third-order valence-electron chi connectivity index (χ3n) is 3.99. The Morgan fingerprint density at radius 2 is 2.10 bits per heavy atom. The molecule has 0 aromatic carbocycles. The van der Waals surface area contributed by atoms with Crippen LogP contribution in [0, 0.1) is 18.3 Å². The van der Waals surface area contributed by atoms with Crippen molar-refractivity contribution in [3.8, 4) is 0 Å². The zero-order valence-electron chi connectivity index (χ0n) is 13.3.